The zero-order valence-corrected chi connectivity index (χ0v) is 18.5. The minimum Gasteiger partial charge on any atom is -0.493 e. The van der Waals surface area contributed by atoms with Gasteiger partial charge in [-0.15, -0.1) is 15.3 Å². The van der Waals surface area contributed by atoms with Gasteiger partial charge in [-0.05, 0) is 42.8 Å². The third kappa shape index (κ3) is 4.06. The lowest BCUT2D eigenvalue weighted by atomic mass is 10.0. The van der Waals surface area contributed by atoms with Gasteiger partial charge in [0.1, 0.15) is 0 Å². The van der Waals surface area contributed by atoms with Crippen LogP contribution in [0.4, 0.5) is 24.7 Å². The molecule has 174 valence electrons. The van der Waals surface area contributed by atoms with Crippen LogP contribution in [-0.4, -0.2) is 34.0 Å². The Morgan fingerprint density at radius 3 is 2.30 bits per heavy atom. The number of rotatable bonds is 6. The molecule has 2 heterocycles. The summed E-state index contributed by atoms with van der Waals surface area (Å²) < 4.78 is 52.4. The first-order valence-corrected chi connectivity index (χ1v) is 10.2. The summed E-state index contributed by atoms with van der Waals surface area (Å²) in [4.78, 5) is 0. The van der Waals surface area contributed by atoms with Crippen LogP contribution in [0.3, 0.4) is 0 Å². The fourth-order valence-corrected chi connectivity index (χ4v) is 3.70. The monoisotopic (exact) mass is 460 g/mol. The smallest absolute Gasteiger partial charge is 0.416 e. The van der Waals surface area contributed by atoms with Crippen molar-refractivity contribution in [2.24, 2.45) is 0 Å². The number of nitrogens with one attached hydrogen (secondary N) is 1. The number of nitrogens with zero attached hydrogens (tertiary/aromatic N) is 4. The fraction of sp³-hybridized carbons (Fsp3) is 0.318. The summed E-state index contributed by atoms with van der Waals surface area (Å²) in [6.07, 6.45) is -3.91. The van der Waals surface area contributed by atoms with Crippen LogP contribution in [-0.2, 0) is 12.6 Å². The number of methoxy groups -OCH3 is 2. The van der Waals surface area contributed by atoms with Crippen LogP contribution in [0.25, 0.3) is 16.4 Å². The molecule has 0 saturated carbocycles. The largest absolute Gasteiger partial charge is 0.493 e. The third-order valence-corrected chi connectivity index (χ3v) is 5.40. The Morgan fingerprint density at radius 1 is 1.03 bits per heavy atom. The van der Waals surface area contributed by atoms with Crippen LogP contribution >= 0.6 is 0 Å². The molecule has 0 aliphatic heterocycles. The van der Waals surface area contributed by atoms with Gasteiger partial charge < -0.3 is 20.5 Å². The van der Waals surface area contributed by atoms with E-state index in [0.29, 0.717) is 51.5 Å². The summed E-state index contributed by atoms with van der Waals surface area (Å²) in [5, 5.41) is 17.7. The summed E-state index contributed by atoms with van der Waals surface area (Å²) in [5.41, 5.74) is 5.88. The number of hydrogen-bond donors (Lipinski definition) is 2. The number of aromatic nitrogens is 4. The average molecular weight is 460 g/mol. The topological polar surface area (TPSA) is 99.6 Å². The molecule has 1 atom stereocenters. The van der Waals surface area contributed by atoms with Crippen molar-refractivity contribution in [2.45, 2.75) is 32.5 Å². The Balaban J connectivity index is 1.88. The molecular weight excluding hydrogens is 437 g/mol. The highest BCUT2D eigenvalue weighted by Crippen LogP contribution is 2.38. The molecule has 2 aromatic heterocycles. The first-order chi connectivity index (χ1) is 15.7. The Morgan fingerprint density at radius 2 is 1.70 bits per heavy atom. The summed E-state index contributed by atoms with van der Waals surface area (Å²) in [6.45, 7) is 3.67. The van der Waals surface area contributed by atoms with Crippen LogP contribution in [0.1, 0.15) is 36.8 Å². The highest BCUT2D eigenvalue weighted by atomic mass is 19.4. The van der Waals surface area contributed by atoms with Crippen LogP contribution in [0.2, 0.25) is 0 Å². The van der Waals surface area contributed by atoms with Gasteiger partial charge in [-0.3, -0.25) is 0 Å². The number of benzene rings is 2. The molecule has 0 fully saturated rings. The normalized spacial score (nSPS) is 12.8. The van der Waals surface area contributed by atoms with Crippen molar-refractivity contribution in [3.63, 3.8) is 0 Å². The van der Waals surface area contributed by atoms with Gasteiger partial charge in [-0.2, -0.15) is 17.7 Å². The number of anilines is 2. The molecule has 0 spiro atoms. The van der Waals surface area contributed by atoms with Crippen LogP contribution in [0, 0.1) is 0 Å². The molecule has 4 aromatic rings. The quantitative estimate of drug-likeness (QED) is 0.405. The second-order valence-electron chi connectivity index (χ2n) is 7.56. The van der Waals surface area contributed by atoms with E-state index in [4.69, 9.17) is 15.2 Å². The van der Waals surface area contributed by atoms with Crippen molar-refractivity contribution in [3.8, 4) is 11.5 Å². The van der Waals surface area contributed by atoms with Gasteiger partial charge in [0, 0.05) is 22.9 Å². The van der Waals surface area contributed by atoms with E-state index < -0.39 is 17.8 Å². The lowest BCUT2D eigenvalue weighted by Gasteiger charge is -2.19. The zero-order valence-electron chi connectivity index (χ0n) is 18.5. The Labute approximate surface area is 187 Å². The lowest BCUT2D eigenvalue weighted by molar-refractivity contribution is -0.137. The number of nitrogens with two attached hydrogens (primary N) is 1. The highest BCUT2D eigenvalue weighted by Gasteiger charge is 2.31. The first-order valence-electron chi connectivity index (χ1n) is 10.2. The number of hydrogen-bond acceptors (Lipinski definition) is 7. The second-order valence-corrected chi connectivity index (χ2v) is 7.56. The Kier molecular flexibility index (Phi) is 5.64. The standard InChI is InChI=1S/C22H23F3N6O2/c1-5-19-28-29-21-16-10-18(33-4)17(32-3)9-15(16)20(30-31(19)21)27-11(2)12-6-13(22(23,24)25)8-14(26)7-12/h6-11H,5,26H2,1-4H3,(H,27,30). The van der Waals surface area contributed by atoms with E-state index in [1.165, 1.54) is 20.3 Å². The predicted octanol–water partition coefficient (Wildman–Crippen LogP) is 4.63. The predicted molar refractivity (Wildman–Crippen MR) is 119 cm³/mol. The van der Waals surface area contributed by atoms with E-state index in [1.807, 2.05) is 6.92 Å². The van der Waals surface area contributed by atoms with E-state index >= 15 is 0 Å². The molecule has 2 aromatic carbocycles. The number of fused-ring (bicyclic) bond motifs is 3. The SMILES string of the molecule is CCc1nnc2c3cc(OC)c(OC)cc3c(NC(C)c3cc(N)cc(C(F)(F)F)c3)nn12. The van der Waals surface area contributed by atoms with Crippen molar-refractivity contribution in [3.05, 3.63) is 47.3 Å². The molecule has 4 rings (SSSR count). The molecule has 0 aliphatic carbocycles. The summed E-state index contributed by atoms with van der Waals surface area (Å²) in [6, 6.07) is 6.48. The highest BCUT2D eigenvalue weighted by molar-refractivity contribution is 6.02. The van der Waals surface area contributed by atoms with Crippen molar-refractivity contribution in [2.75, 3.05) is 25.3 Å². The third-order valence-electron chi connectivity index (χ3n) is 5.40. The maximum absolute atomic E-state index is 13.3. The molecular formula is C22H23F3N6O2. The zero-order chi connectivity index (χ0) is 23.9. The van der Waals surface area contributed by atoms with E-state index in [2.05, 4.69) is 20.6 Å². The average Bonchev–Trinajstić information content (AvgIpc) is 3.20. The maximum atomic E-state index is 13.3. The molecule has 0 amide bonds. The first kappa shape index (κ1) is 22.4. The van der Waals surface area contributed by atoms with Crippen molar-refractivity contribution >= 4 is 27.9 Å². The summed E-state index contributed by atoms with van der Waals surface area (Å²) in [5.74, 6) is 2.05. The molecule has 1 unspecified atom stereocenters. The van der Waals surface area contributed by atoms with E-state index in [9.17, 15) is 13.2 Å². The van der Waals surface area contributed by atoms with Crippen LogP contribution < -0.4 is 20.5 Å². The fourth-order valence-electron chi connectivity index (χ4n) is 3.70. The number of alkyl halides is 3. The van der Waals surface area contributed by atoms with Crippen molar-refractivity contribution < 1.29 is 22.6 Å². The number of halogens is 3. The number of ether oxygens (including phenoxy) is 2. The molecule has 3 N–H and O–H groups in total. The molecule has 11 heteroatoms. The van der Waals surface area contributed by atoms with Gasteiger partial charge in [-0.25, -0.2) is 0 Å². The van der Waals surface area contributed by atoms with E-state index in [0.717, 1.165) is 12.1 Å². The molecule has 0 bridgehead atoms. The Bertz CT molecular complexity index is 1340. The molecule has 0 saturated heterocycles. The minimum atomic E-state index is -4.50. The second kappa shape index (κ2) is 8.30. The molecule has 0 aliphatic rings. The van der Waals surface area contributed by atoms with Crippen LogP contribution in [0.15, 0.2) is 30.3 Å². The van der Waals surface area contributed by atoms with Crippen molar-refractivity contribution in [1.29, 1.82) is 0 Å². The van der Waals surface area contributed by atoms with Gasteiger partial charge in [0.25, 0.3) is 0 Å². The van der Waals surface area contributed by atoms with Gasteiger partial charge in [-0.1, -0.05) is 6.92 Å². The number of nitrogen functional groups attached to an aromatic ring is 1. The minimum absolute atomic E-state index is 0.0280. The maximum Gasteiger partial charge on any atom is 0.416 e. The van der Waals surface area contributed by atoms with Crippen molar-refractivity contribution in [1.82, 2.24) is 19.8 Å². The lowest BCUT2D eigenvalue weighted by Crippen LogP contribution is -2.13. The molecule has 33 heavy (non-hydrogen) atoms. The van der Waals surface area contributed by atoms with E-state index in [1.54, 1.807) is 23.6 Å². The molecule has 0 radical (unpaired) electrons. The summed E-state index contributed by atoms with van der Waals surface area (Å²) >= 11 is 0. The number of aryl methyl sites for hydroxylation is 1. The van der Waals surface area contributed by atoms with Crippen LogP contribution in [0.5, 0.6) is 11.5 Å². The van der Waals surface area contributed by atoms with Gasteiger partial charge in [0.2, 0.25) is 0 Å². The van der Waals surface area contributed by atoms with Gasteiger partial charge in [0.15, 0.2) is 28.8 Å². The Hall–Kier alpha value is -3.76. The van der Waals surface area contributed by atoms with Gasteiger partial charge in [0.05, 0.1) is 25.8 Å². The van der Waals surface area contributed by atoms with E-state index in [-0.39, 0.29) is 5.69 Å². The van der Waals surface area contributed by atoms with Gasteiger partial charge >= 0.3 is 6.18 Å². The summed E-state index contributed by atoms with van der Waals surface area (Å²) in [7, 11) is 3.05. The molecule has 8 nitrogen and oxygen atoms in total.